The molecule has 1 amide bonds. The van der Waals surface area contributed by atoms with Crippen LogP contribution in [-0.4, -0.2) is 23.9 Å². The average molecular weight is 263 g/mol. The Bertz CT molecular complexity index is 433. The highest BCUT2D eigenvalue weighted by Gasteiger charge is 2.22. The molecule has 3 heteroatoms. The predicted octanol–water partition coefficient (Wildman–Crippen LogP) is 3.87. The Morgan fingerprint density at radius 3 is 2.84 bits per heavy atom. The third-order valence-electron chi connectivity index (χ3n) is 3.94. The number of hydrogen-bond donors (Lipinski definition) is 0. The van der Waals surface area contributed by atoms with Gasteiger partial charge in [0, 0.05) is 13.1 Å². The molecule has 0 N–H and O–H groups in total. The van der Waals surface area contributed by atoms with Gasteiger partial charge in [-0.05, 0) is 37.3 Å². The molecule has 1 aromatic carbocycles. The summed E-state index contributed by atoms with van der Waals surface area (Å²) in [7, 11) is 0. The van der Waals surface area contributed by atoms with Gasteiger partial charge in [0.05, 0.1) is 5.56 Å². The summed E-state index contributed by atoms with van der Waals surface area (Å²) in [6.07, 6.45) is 5.71. The monoisotopic (exact) mass is 263 g/mol. The molecule has 1 fully saturated rings. The fraction of sp³-hybridized carbons (Fsp3) is 0.562. The Morgan fingerprint density at radius 1 is 1.32 bits per heavy atom. The van der Waals surface area contributed by atoms with Crippen LogP contribution in [0.25, 0.3) is 0 Å². The quantitative estimate of drug-likeness (QED) is 0.810. The zero-order valence-corrected chi connectivity index (χ0v) is 11.6. The highest BCUT2D eigenvalue weighted by Crippen LogP contribution is 2.23. The van der Waals surface area contributed by atoms with Crippen LogP contribution in [0.3, 0.4) is 0 Å². The van der Waals surface area contributed by atoms with E-state index >= 15 is 0 Å². The molecule has 1 aromatic rings. The van der Waals surface area contributed by atoms with Crippen LogP contribution in [0.5, 0.6) is 0 Å². The number of hydrogen-bond acceptors (Lipinski definition) is 1. The van der Waals surface area contributed by atoms with E-state index in [9.17, 15) is 9.18 Å². The topological polar surface area (TPSA) is 20.3 Å². The first-order valence-electron chi connectivity index (χ1n) is 7.26. The SMILES string of the molecule is CCCC1CCCN(C(=O)c2ccccc2F)CC1. The van der Waals surface area contributed by atoms with Crippen LogP contribution in [0.15, 0.2) is 24.3 Å². The van der Waals surface area contributed by atoms with E-state index in [1.54, 1.807) is 18.2 Å². The number of carbonyl (C=O) groups is 1. The molecule has 0 spiro atoms. The van der Waals surface area contributed by atoms with E-state index in [4.69, 9.17) is 0 Å². The lowest BCUT2D eigenvalue weighted by Gasteiger charge is -2.21. The Labute approximate surface area is 114 Å². The van der Waals surface area contributed by atoms with Crippen LogP contribution in [0.1, 0.15) is 49.4 Å². The maximum Gasteiger partial charge on any atom is 0.256 e. The Kier molecular flexibility index (Phi) is 4.94. The van der Waals surface area contributed by atoms with Crippen molar-refractivity contribution in [1.29, 1.82) is 0 Å². The summed E-state index contributed by atoms with van der Waals surface area (Å²) in [5.74, 6) is 0.153. The van der Waals surface area contributed by atoms with E-state index in [-0.39, 0.29) is 11.5 Å². The molecule has 0 saturated carbocycles. The van der Waals surface area contributed by atoms with Gasteiger partial charge in [0.1, 0.15) is 5.82 Å². The van der Waals surface area contributed by atoms with Gasteiger partial charge in [-0.1, -0.05) is 31.9 Å². The van der Waals surface area contributed by atoms with Crippen LogP contribution < -0.4 is 0 Å². The van der Waals surface area contributed by atoms with Gasteiger partial charge in [-0.2, -0.15) is 0 Å². The molecule has 104 valence electrons. The first-order valence-corrected chi connectivity index (χ1v) is 7.26. The molecule has 2 nitrogen and oxygen atoms in total. The van der Waals surface area contributed by atoms with Gasteiger partial charge in [0.15, 0.2) is 0 Å². The third-order valence-corrected chi connectivity index (χ3v) is 3.94. The molecular formula is C16H22FNO. The summed E-state index contributed by atoms with van der Waals surface area (Å²) in [6, 6.07) is 6.26. The molecule has 0 bridgehead atoms. The van der Waals surface area contributed by atoms with Gasteiger partial charge in [-0.3, -0.25) is 4.79 Å². The minimum Gasteiger partial charge on any atom is -0.339 e. The summed E-state index contributed by atoms with van der Waals surface area (Å²) < 4.78 is 13.6. The van der Waals surface area contributed by atoms with Crippen molar-refractivity contribution in [2.45, 2.75) is 39.0 Å². The number of likely N-dealkylation sites (tertiary alicyclic amines) is 1. The molecule has 19 heavy (non-hydrogen) atoms. The van der Waals surface area contributed by atoms with Crippen LogP contribution in [-0.2, 0) is 0 Å². The second kappa shape index (κ2) is 6.69. The molecule has 1 unspecified atom stereocenters. The fourth-order valence-corrected chi connectivity index (χ4v) is 2.87. The highest BCUT2D eigenvalue weighted by atomic mass is 19.1. The summed E-state index contributed by atoms with van der Waals surface area (Å²) in [6.45, 7) is 3.72. The van der Waals surface area contributed by atoms with Crippen molar-refractivity contribution in [3.8, 4) is 0 Å². The molecule has 1 saturated heterocycles. The standard InChI is InChI=1S/C16H22FNO/c1-2-6-13-7-5-11-18(12-10-13)16(19)14-8-3-4-9-15(14)17/h3-4,8-9,13H,2,5-7,10-12H2,1H3. The number of rotatable bonds is 3. The Morgan fingerprint density at radius 2 is 2.11 bits per heavy atom. The van der Waals surface area contributed by atoms with Crippen LogP contribution in [0.4, 0.5) is 4.39 Å². The lowest BCUT2D eigenvalue weighted by Crippen LogP contribution is -2.32. The number of amides is 1. The normalized spacial score (nSPS) is 20.1. The molecule has 1 heterocycles. The van der Waals surface area contributed by atoms with Gasteiger partial charge < -0.3 is 4.90 Å². The number of benzene rings is 1. The maximum absolute atomic E-state index is 13.6. The van der Waals surface area contributed by atoms with Crippen molar-refractivity contribution in [2.75, 3.05) is 13.1 Å². The molecule has 2 rings (SSSR count). The second-order valence-electron chi connectivity index (χ2n) is 5.36. The van der Waals surface area contributed by atoms with Gasteiger partial charge in [-0.25, -0.2) is 4.39 Å². The second-order valence-corrected chi connectivity index (χ2v) is 5.36. The first-order chi connectivity index (χ1) is 9.22. The Balaban J connectivity index is 2.02. The van der Waals surface area contributed by atoms with Crippen LogP contribution in [0.2, 0.25) is 0 Å². The highest BCUT2D eigenvalue weighted by molar-refractivity contribution is 5.94. The van der Waals surface area contributed by atoms with Crippen LogP contribution in [0, 0.1) is 11.7 Å². The number of carbonyl (C=O) groups excluding carboxylic acids is 1. The van der Waals surface area contributed by atoms with Crippen molar-refractivity contribution < 1.29 is 9.18 Å². The van der Waals surface area contributed by atoms with Crippen LogP contribution >= 0.6 is 0 Å². The molecule has 0 aromatic heterocycles. The van der Waals surface area contributed by atoms with E-state index in [0.29, 0.717) is 0 Å². The van der Waals surface area contributed by atoms with Crippen molar-refractivity contribution in [3.63, 3.8) is 0 Å². The molecule has 0 radical (unpaired) electrons. The first kappa shape index (κ1) is 14.0. The van der Waals surface area contributed by atoms with Crippen molar-refractivity contribution in [3.05, 3.63) is 35.6 Å². The number of halogens is 1. The molecule has 1 atom stereocenters. The third kappa shape index (κ3) is 3.55. The lowest BCUT2D eigenvalue weighted by molar-refractivity contribution is 0.0755. The van der Waals surface area contributed by atoms with E-state index in [1.165, 1.54) is 25.3 Å². The molecular weight excluding hydrogens is 241 g/mol. The molecule has 1 aliphatic heterocycles. The van der Waals surface area contributed by atoms with Crippen molar-refractivity contribution >= 4 is 5.91 Å². The van der Waals surface area contributed by atoms with Gasteiger partial charge in [-0.15, -0.1) is 0 Å². The predicted molar refractivity (Wildman–Crippen MR) is 74.6 cm³/mol. The van der Waals surface area contributed by atoms with E-state index < -0.39 is 5.82 Å². The van der Waals surface area contributed by atoms with E-state index in [1.807, 2.05) is 4.90 Å². The summed E-state index contributed by atoms with van der Waals surface area (Å²) in [5.41, 5.74) is 0.205. The maximum atomic E-state index is 13.6. The largest absolute Gasteiger partial charge is 0.339 e. The summed E-state index contributed by atoms with van der Waals surface area (Å²) >= 11 is 0. The van der Waals surface area contributed by atoms with Gasteiger partial charge >= 0.3 is 0 Å². The molecule has 1 aliphatic rings. The van der Waals surface area contributed by atoms with E-state index in [0.717, 1.165) is 31.8 Å². The van der Waals surface area contributed by atoms with Gasteiger partial charge in [0.2, 0.25) is 0 Å². The van der Waals surface area contributed by atoms with Gasteiger partial charge in [0.25, 0.3) is 5.91 Å². The summed E-state index contributed by atoms with van der Waals surface area (Å²) in [4.78, 5) is 14.1. The summed E-state index contributed by atoms with van der Waals surface area (Å²) in [5, 5.41) is 0. The Hall–Kier alpha value is -1.38. The number of nitrogens with zero attached hydrogens (tertiary/aromatic N) is 1. The lowest BCUT2D eigenvalue weighted by atomic mass is 9.96. The smallest absolute Gasteiger partial charge is 0.256 e. The molecule has 0 aliphatic carbocycles. The minimum atomic E-state index is -0.415. The zero-order valence-electron chi connectivity index (χ0n) is 11.6. The van der Waals surface area contributed by atoms with E-state index in [2.05, 4.69) is 6.92 Å². The van der Waals surface area contributed by atoms with Crippen molar-refractivity contribution in [2.24, 2.45) is 5.92 Å². The average Bonchev–Trinajstić information content (AvgIpc) is 2.65. The van der Waals surface area contributed by atoms with Crippen molar-refractivity contribution in [1.82, 2.24) is 4.90 Å². The minimum absolute atomic E-state index is 0.157. The zero-order chi connectivity index (χ0) is 13.7. The fourth-order valence-electron chi connectivity index (χ4n) is 2.87.